The molecule has 4 nitrogen and oxygen atoms in total. The van der Waals surface area contributed by atoms with E-state index in [4.69, 9.17) is 0 Å². The summed E-state index contributed by atoms with van der Waals surface area (Å²) in [5.41, 5.74) is 19.4. The molecule has 18 rings (SSSR count). The van der Waals surface area contributed by atoms with Crippen molar-refractivity contribution in [2.75, 3.05) is 0 Å². The average molecular weight is 1070 g/mol. The molecule has 4 aromatic heterocycles. The molecule has 14 aromatic carbocycles. The van der Waals surface area contributed by atoms with Crippen molar-refractivity contribution >= 4 is 109 Å². The summed E-state index contributed by atoms with van der Waals surface area (Å²) in [7, 11) is 0. The van der Waals surface area contributed by atoms with Crippen LogP contribution >= 0.6 is 0 Å². The minimum Gasteiger partial charge on any atom is -0.309 e. The number of hydrogen-bond donors (Lipinski definition) is 0. The van der Waals surface area contributed by atoms with Gasteiger partial charge in [-0.3, -0.25) is 0 Å². The molecule has 0 unspecified atom stereocenters. The number of aromatic nitrogens is 4. The average Bonchev–Trinajstić information content (AvgIpc) is 1.73. The van der Waals surface area contributed by atoms with E-state index in [1.54, 1.807) is 0 Å². The molecular formula is C80H52N4. The zero-order valence-corrected chi connectivity index (χ0v) is 45.8. The molecule has 0 spiro atoms. The first-order valence-electron chi connectivity index (χ1n) is 28.9. The van der Waals surface area contributed by atoms with Crippen molar-refractivity contribution < 1.29 is 0 Å². The van der Waals surface area contributed by atoms with Crippen molar-refractivity contribution in [3.05, 3.63) is 315 Å². The van der Waals surface area contributed by atoms with Gasteiger partial charge in [-0.15, -0.1) is 0 Å². The first-order chi connectivity index (χ1) is 41.7. The van der Waals surface area contributed by atoms with Crippen LogP contribution in [0, 0.1) is 0 Å². The molecule has 0 amide bonds. The van der Waals surface area contributed by atoms with E-state index >= 15 is 0 Å². The van der Waals surface area contributed by atoms with Gasteiger partial charge in [-0.1, -0.05) is 212 Å². The minimum absolute atomic E-state index is 1.16. The van der Waals surface area contributed by atoms with E-state index in [0.717, 1.165) is 5.69 Å². The van der Waals surface area contributed by atoms with E-state index in [-0.39, 0.29) is 0 Å². The van der Waals surface area contributed by atoms with Crippen LogP contribution in [0.5, 0.6) is 0 Å². The summed E-state index contributed by atoms with van der Waals surface area (Å²) in [4.78, 5) is 0. The van der Waals surface area contributed by atoms with Crippen LogP contribution in [0.4, 0.5) is 0 Å². The summed E-state index contributed by atoms with van der Waals surface area (Å²) in [5, 5.41) is 15.3. The summed E-state index contributed by atoms with van der Waals surface area (Å²) in [6.45, 7) is 0. The molecule has 0 aliphatic carbocycles. The standard InChI is InChI=1S/2C40H26N2/c1-3-11-27(12-4-1)28-19-20-30-26-32(22-21-29(30)25-28)42-36-18-10-8-16-34(36)40-38(42)24-23-37-39(40)33-15-7-9-17-35(33)41(37)31-13-5-2-6-14-31;1-2-13-29(14-3-1)41-35-19-8-6-16-33(35)39-37(41)25-26-38-40(39)34-17-7-9-20-36(34)42(38)30-23-21-28(22-24-30)32-18-10-12-27-11-4-5-15-31(27)32/h2*1-26H. The van der Waals surface area contributed by atoms with Gasteiger partial charge in [-0.25, -0.2) is 0 Å². The van der Waals surface area contributed by atoms with Gasteiger partial charge < -0.3 is 18.3 Å². The van der Waals surface area contributed by atoms with Crippen molar-refractivity contribution in [2.45, 2.75) is 0 Å². The highest BCUT2D eigenvalue weighted by Crippen LogP contribution is 2.45. The van der Waals surface area contributed by atoms with Crippen molar-refractivity contribution in [1.29, 1.82) is 0 Å². The van der Waals surface area contributed by atoms with Crippen LogP contribution in [-0.2, 0) is 0 Å². The fourth-order valence-corrected chi connectivity index (χ4v) is 13.8. The van der Waals surface area contributed by atoms with Crippen LogP contribution in [0.25, 0.3) is 154 Å². The summed E-state index contributed by atoms with van der Waals surface area (Å²) >= 11 is 0. The minimum atomic E-state index is 1.16. The second-order valence-electron chi connectivity index (χ2n) is 22.0. The largest absolute Gasteiger partial charge is 0.309 e. The highest BCUT2D eigenvalue weighted by molar-refractivity contribution is 6.30. The van der Waals surface area contributed by atoms with Gasteiger partial charge in [0.15, 0.2) is 0 Å². The molecule has 0 N–H and O–H groups in total. The van der Waals surface area contributed by atoms with E-state index in [2.05, 4.69) is 334 Å². The van der Waals surface area contributed by atoms with Crippen molar-refractivity contribution in [1.82, 2.24) is 18.3 Å². The fourth-order valence-electron chi connectivity index (χ4n) is 13.8. The van der Waals surface area contributed by atoms with Gasteiger partial charge >= 0.3 is 0 Å². The maximum Gasteiger partial charge on any atom is 0.0548 e. The SMILES string of the molecule is c1ccc(-c2ccc3cc(-n4c5ccccc5c5c6c7ccccc7n(-c7ccccc7)c6ccc54)ccc3c2)cc1.c1ccc(-n2c3ccccc3c3c4c5ccccc5n(-c5ccc(-c6cccc7ccccc67)cc5)c4ccc32)cc1. The lowest BCUT2D eigenvalue weighted by Gasteiger charge is -2.11. The van der Waals surface area contributed by atoms with Gasteiger partial charge in [0.2, 0.25) is 0 Å². The Balaban J connectivity index is 0.000000132. The molecule has 0 radical (unpaired) electrons. The normalized spacial score (nSPS) is 11.8. The van der Waals surface area contributed by atoms with Crippen LogP contribution in [-0.4, -0.2) is 18.3 Å². The lowest BCUT2D eigenvalue weighted by atomic mass is 9.98. The van der Waals surface area contributed by atoms with Gasteiger partial charge in [-0.2, -0.15) is 0 Å². The Hall–Kier alpha value is -11.2. The molecule has 18 aromatic rings. The van der Waals surface area contributed by atoms with Gasteiger partial charge in [0.05, 0.1) is 44.1 Å². The fraction of sp³-hybridized carbons (Fsp3) is 0. The molecule has 0 aliphatic heterocycles. The maximum atomic E-state index is 2.43. The predicted octanol–water partition coefficient (Wildman–Crippen LogP) is 21.4. The van der Waals surface area contributed by atoms with Gasteiger partial charge in [-0.05, 0) is 147 Å². The summed E-state index contributed by atoms with van der Waals surface area (Å²) in [5.74, 6) is 0. The van der Waals surface area contributed by atoms with E-state index < -0.39 is 0 Å². The lowest BCUT2D eigenvalue weighted by Crippen LogP contribution is -1.95. The molecule has 4 heterocycles. The highest BCUT2D eigenvalue weighted by Gasteiger charge is 2.23. The van der Waals surface area contributed by atoms with E-state index in [1.165, 1.54) is 148 Å². The number of fused-ring (bicyclic) bond motifs is 16. The molecule has 0 fully saturated rings. The Morgan fingerprint density at radius 2 is 0.512 bits per heavy atom. The summed E-state index contributed by atoms with van der Waals surface area (Å²) in [6.07, 6.45) is 0. The zero-order valence-electron chi connectivity index (χ0n) is 45.8. The van der Waals surface area contributed by atoms with Crippen molar-refractivity contribution in [3.63, 3.8) is 0 Å². The maximum absolute atomic E-state index is 2.43. The molecule has 0 saturated carbocycles. The smallest absolute Gasteiger partial charge is 0.0548 e. The Morgan fingerprint density at radius 3 is 1.00 bits per heavy atom. The number of hydrogen-bond acceptors (Lipinski definition) is 0. The van der Waals surface area contributed by atoms with E-state index in [9.17, 15) is 0 Å². The lowest BCUT2D eigenvalue weighted by molar-refractivity contribution is 1.17. The van der Waals surface area contributed by atoms with Gasteiger partial charge in [0.25, 0.3) is 0 Å². The molecule has 0 atom stereocenters. The van der Waals surface area contributed by atoms with Crippen LogP contribution in [0.1, 0.15) is 0 Å². The summed E-state index contributed by atoms with van der Waals surface area (Å²) < 4.78 is 9.65. The number of para-hydroxylation sites is 6. The van der Waals surface area contributed by atoms with Crippen LogP contribution < -0.4 is 0 Å². The van der Waals surface area contributed by atoms with Crippen molar-refractivity contribution in [3.8, 4) is 45.0 Å². The number of rotatable bonds is 6. The molecule has 4 heteroatoms. The Morgan fingerprint density at radius 1 is 0.167 bits per heavy atom. The Labute approximate surface area is 484 Å². The van der Waals surface area contributed by atoms with Crippen LogP contribution in [0.15, 0.2) is 315 Å². The van der Waals surface area contributed by atoms with Gasteiger partial charge in [0.1, 0.15) is 0 Å². The predicted molar refractivity (Wildman–Crippen MR) is 356 cm³/mol. The van der Waals surface area contributed by atoms with E-state index in [1.807, 2.05) is 0 Å². The first kappa shape index (κ1) is 47.6. The molecule has 0 bridgehead atoms. The first-order valence-corrected chi connectivity index (χ1v) is 28.9. The third kappa shape index (κ3) is 7.41. The molecule has 0 aliphatic rings. The highest BCUT2D eigenvalue weighted by atomic mass is 15.0. The van der Waals surface area contributed by atoms with Crippen molar-refractivity contribution in [2.24, 2.45) is 0 Å². The quantitative estimate of drug-likeness (QED) is 0.158. The second-order valence-corrected chi connectivity index (χ2v) is 22.0. The summed E-state index contributed by atoms with van der Waals surface area (Å²) in [6, 6.07) is 114. The van der Waals surface area contributed by atoms with Gasteiger partial charge in [0, 0.05) is 65.8 Å². The number of benzene rings is 14. The second kappa shape index (κ2) is 19.2. The monoisotopic (exact) mass is 1070 g/mol. The van der Waals surface area contributed by atoms with Crippen LogP contribution in [0.3, 0.4) is 0 Å². The molecule has 84 heavy (non-hydrogen) atoms. The molecule has 392 valence electrons. The van der Waals surface area contributed by atoms with E-state index in [0.29, 0.717) is 0 Å². The zero-order chi connectivity index (χ0) is 55.2. The topological polar surface area (TPSA) is 19.7 Å². The van der Waals surface area contributed by atoms with Crippen LogP contribution in [0.2, 0.25) is 0 Å². The Kier molecular flexibility index (Phi) is 10.9. The molecule has 0 saturated heterocycles. The Bertz CT molecular complexity index is 5580. The molecular weight excluding hydrogens is 1020 g/mol. The third-order valence-electron chi connectivity index (χ3n) is 17.4. The number of nitrogens with zero attached hydrogens (tertiary/aromatic N) is 4. The third-order valence-corrected chi connectivity index (χ3v) is 17.4.